The maximum absolute atomic E-state index is 12.7. The van der Waals surface area contributed by atoms with E-state index in [0.717, 1.165) is 19.5 Å². The van der Waals surface area contributed by atoms with Crippen LogP contribution in [0.15, 0.2) is 0 Å². The van der Waals surface area contributed by atoms with E-state index in [2.05, 4.69) is 10.6 Å². The molecule has 2 unspecified atom stereocenters. The van der Waals surface area contributed by atoms with Crippen LogP contribution in [-0.2, 0) is 0 Å². The van der Waals surface area contributed by atoms with Crippen LogP contribution in [0.1, 0.15) is 12.8 Å². The molecule has 2 fully saturated rings. The summed E-state index contributed by atoms with van der Waals surface area (Å²) in [6.07, 6.45) is 1.19. The standard InChI is InChI=1S/C7H13FN2/c8-6-3-7(10-4-6)1-2-9-5-7/h6,9-10H,1-5H2. The van der Waals surface area contributed by atoms with Crippen LogP contribution < -0.4 is 10.6 Å². The van der Waals surface area contributed by atoms with Gasteiger partial charge >= 0.3 is 0 Å². The van der Waals surface area contributed by atoms with Gasteiger partial charge in [-0.2, -0.15) is 0 Å². The van der Waals surface area contributed by atoms with Crippen LogP contribution in [0.25, 0.3) is 0 Å². The van der Waals surface area contributed by atoms with E-state index < -0.39 is 6.17 Å². The first-order valence-electron chi connectivity index (χ1n) is 3.91. The first-order valence-corrected chi connectivity index (χ1v) is 3.91. The molecule has 2 aliphatic heterocycles. The van der Waals surface area contributed by atoms with Gasteiger partial charge in [0, 0.05) is 18.6 Å². The van der Waals surface area contributed by atoms with Crippen LogP contribution in [-0.4, -0.2) is 31.3 Å². The van der Waals surface area contributed by atoms with Gasteiger partial charge in [-0.1, -0.05) is 0 Å². The summed E-state index contributed by atoms with van der Waals surface area (Å²) in [6.45, 7) is 2.55. The number of nitrogens with one attached hydrogen (secondary N) is 2. The number of rotatable bonds is 0. The molecule has 2 aliphatic rings. The summed E-state index contributed by atoms with van der Waals surface area (Å²) in [7, 11) is 0. The van der Waals surface area contributed by atoms with Gasteiger partial charge in [0.25, 0.3) is 0 Å². The van der Waals surface area contributed by atoms with Crippen molar-refractivity contribution in [3.63, 3.8) is 0 Å². The van der Waals surface area contributed by atoms with Gasteiger partial charge in [-0.25, -0.2) is 4.39 Å². The Morgan fingerprint density at radius 1 is 1.50 bits per heavy atom. The smallest absolute Gasteiger partial charge is 0.114 e. The van der Waals surface area contributed by atoms with Gasteiger partial charge in [-0.15, -0.1) is 0 Å². The third-order valence-corrected chi connectivity index (χ3v) is 2.55. The Morgan fingerprint density at radius 2 is 2.40 bits per heavy atom. The Bertz CT molecular complexity index is 132. The SMILES string of the molecule is FC1CNC2(CCNC2)C1. The summed E-state index contributed by atoms with van der Waals surface area (Å²) in [4.78, 5) is 0. The van der Waals surface area contributed by atoms with Crippen molar-refractivity contribution in [3.05, 3.63) is 0 Å². The van der Waals surface area contributed by atoms with Crippen molar-refractivity contribution in [1.29, 1.82) is 0 Å². The fourth-order valence-electron chi connectivity index (χ4n) is 1.96. The number of alkyl halides is 1. The first-order chi connectivity index (χ1) is 4.81. The highest BCUT2D eigenvalue weighted by Gasteiger charge is 2.40. The molecule has 0 aromatic heterocycles. The minimum absolute atomic E-state index is 0.124. The molecule has 2 nitrogen and oxygen atoms in total. The molecule has 2 saturated heterocycles. The van der Waals surface area contributed by atoms with Gasteiger partial charge in [0.05, 0.1) is 0 Å². The third kappa shape index (κ3) is 0.935. The molecule has 1 spiro atoms. The van der Waals surface area contributed by atoms with Gasteiger partial charge in [-0.05, 0) is 19.4 Å². The molecule has 0 aromatic carbocycles. The minimum atomic E-state index is -0.611. The number of halogens is 1. The quantitative estimate of drug-likeness (QED) is 0.502. The normalized spacial score (nSPS) is 47.1. The van der Waals surface area contributed by atoms with Gasteiger partial charge in [-0.3, -0.25) is 0 Å². The van der Waals surface area contributed by atoms with Crippen molar-refractivity contribution >= 4 is 0 Å². The van der Waals surface area contributed by atoms with Crippen molar-refractivity contribution in [2.75, 3.05) is 19.6 Å². The molecule has 0 saturated carbocycles. The van der Waals surface area contributed by atoms with Crippen LogP contribution in [0.4, 0.5) is 4.39 Å². The lowest BCUT2D eigenvalue weighted by molar-refractivity contribution is 0.330. The molecule has 2 atom stereocenters. The Morgan fingerprint density at radius 3 is 2.90 bits per heavy atom. The molecule has 0 radical (unpaired) electrons. The molecule has 3 heteroatoms. The second-order valence-corrected chi connectivity index (χ2v) is 3.39. The number of hydrogen-bond acceptors (Lipinski definition) is 2. The molecule has 0 aromatic rings. The molecule has 10 heavy (non-hydrogen) atoms. The molecular formula is C7H13FN2. The van der Waals surface area contributed by atoms with Crippen molar-refractivity contribution in [2.45, 2.75) is 24.6 Å². The molecular weight excluding hydrogens is 131 g/mol. The lowest BCUT2D eigenvalue weighted by atomic mass is 9.96. The summed E-state index contributed by atoms with van der Waals surface area (Å²) in [5.41, 5.74) is 0.124. The summed E-state index contributed by atoms with van der Waals surface area (Å²) in [6, 6.07) is 0. The fourth-order valence-corrected chi connectivity index (χ4v) is 1.96. The van der Waals surface area contributed by atoms with Crippen molar-refractivity contribution < 1.29 is 4.39 Å². The molecule has 2 rings (SSSR count). The van der Waals surface area contributed by atoms with Gasteiger partial charge in [0.2, 0.25) is 0 Å². The first kappa shape index (κ1) is 6.55. The molecule has 0 amide bonds. The zero-order valence-corrected chi connectivity index (χ0v) is 5.99. The highest BCUT2D eigenvalue weighted by Crippen LogP contribution is 2.26. The highest BCUT2D eigenvalue weighted by molar-refractivity contribution is 5.02. The van der Waals surface area contributed by atoms with E-state index in [1.807, 2.05) is 0 Å². The molecule has 2 heterocycles. The Hall–Kier alpha value is -0.150. The van der Waals surface area contributed by atoms with Crippen LogP contribution in [0, 0.1) is 0 Å². The van der Waals surface area contributed by atoms with E-state index >= 15 is 0 Å². The zero-order valence-electron chi connectivity index (χ0n) is 5.99. The van der Waals surface area contributed by atoms with Crippen LogP contribution in [0.3, 0.4) is 0 Å². The Kier molecular flexibility index (Phi) is 1.42. The lowest BCUT2D eigenvalue weighted by Gasteiger charge is -2.20. The summed E-state index contributed by atoms with van der Waals surface area (Å²) < 4.78 is 12.7. The Labute approximate surface area is 60.2 Å². The average molecular weight is 144 g/mol. The maximum atomic E-state index is 12.7. The largest absolute Gasteiger partial charge is 0.315 e. The second kappa shape index (κ2) is 2.17. The highest BCUT2D eigenvalue weighted by atomic mass is 19.1. The zero-order chi connectivity index (χ0) is 7.03. The van der Waals surface area contributed by atoms with E-state index in [-0.39, 0.29) is 5.54 Å². The maximum Gasteiger partial charge on any atom is 0.114 e. The number of hydrogen-bond donors (Lipinski definition) is 2. The second-order valence-electron chi connectivity index (χ2n) is 3.39. The van der Waals surface area contributed by atoms with E-state index in [0.29, 0.717) is 13.0 Å². The monoisotopic (exact) mass is 144 g/mol. The van der Waals surface area contributed by atoms with Crippen molar-refractivity contribution in [3.8, 4) is 0 Å². The lowest BCUT2D eigenvalue weighted by Crippen LogP contribution is -2.41. The molecule has 2 N–H and O–H groups in total. The van der Waals surface area contributed by atoms with Crippen molar-refractivity contribution in [2.24, 2.45) is 0 Å². The van der Waals surface area contributed by atoms with Crippen LogP contribution >= 0.6 is 0 Å². The van der Waals surface area contributed by atoms with E-state index in [4.69, 9.17) is 0 Å². The predicted molar refractivity (Wildman–Crippen MR) is 37.7 cm³/mol. The third-order valence-electron chi connectivity index (χ3n) is 2.55. The predicted octanol–water partition coefficient (Wildman–Crippen LogP) is 0.0499. The summed E-state index contributed by atoms with van der Waals surface area (Å²) in [5, 5.41) is 6.49. The molecule has 0 aliphatic carbocycles. The topological polar surface area (TPSA) is 24.1 Å². The molecule has 0 bridgehead atoms. The van der Waals surface area contributed by atoms with Crippen LogP contribution in [0.5, 0.6) is 0 Å². The van der Waals surface area contributed by atoms with Gasteiger partial charge in [0.15, 0.2) is 0 Å². The van der Waals surface area contributed by atoms with E-state index in [1.165, 1.54) is 0 Å². The minimum Gasteiger partial charge on any atom is -0.315 e. The van der Waals surface area contributed by atoms with Gasteiger partial charge in [0.1, 0.15) is 6.17 Å². The van der Waals surface area contributed by atoms with Gasteiger partial charge < -0.3 is 10.6 Å². The Balaban J connectivity index is 2.03. The summed E-state index contributed by atoms with van der Waals surface area (Å²) in [5.74, 6) is 0. The van der Waals surface area contributed by atoms with E-state index in [1.54, 1.807) is 0 Å². The van der Waals surface area contributed by atoms with Crippen LogP contribution in [0.2, 0.25) is 0 Å². The average Bonchev–Trinajstić information content (AvgIpc) is 2.46. The van der Waals surface area contributed by atoms with Crippen molar-refractivity contribution in [1.82, 2.24) is 10.6 Å². The fraction of sp³-hybridized carbons (Fsp3) is 1.00. The van der Waals surface area contributed by atoms with E-state index in [9.17, 15) is 4.39 Å². The molecule has 58 valence electrons. The summed E-state index contributed by atoms with van der Waals surface area (Å²) >= 11 is 0.